The van der Waals surface area contributed by atoms with E-state index in [1.807, 2.05) is 19.1 Å². The van der Waals surface area contributed by atoms with Crippen LogP contribution in [-0.2, 0) is 12.8 Å². The summed E-state index contributed by atoms with van der Waals surface area (Å²) in [6.45, 7) is 3.35. The maximum atomic E-state index is 12.0. The van der Waals surface area contributed by atoms with Gasteiger partial charge in [-0.2, -0.15) is 0 Å². The Kier molecular flexibility index (Phi) is 8.15. The maximum Gasteiger partial charge on any atom is 0.200 e. The van der Waals surface area contributed by atoms with Crippen molar-refractivity contribution in [1.29, 1.82) is 0 Å². The van der Waals surface area contributed by atoms with E-state index in [0.717, 1.165) is 34.5 Å². The molecule has 3 aromatic rings. The average Bonchev–Trinajstić information content (AvgIpc) is 3.01. The summed E-state index contributed by atoms with van der Waals surface area (Å²) in [5, 5.41) is 49.4. The quantitative estimate of drug-likeness (QED) is 0.143. The monoisotopic (exact) mass is 594 g/mol. The smallest absolute Gasteiger partial charge is 0.200 e. The summed E-state index contributed by atoms with van der Waals surface area (Å²) < 4.78 is 29.2. The minimum atomic E-state index is -1.01. The molecule has 0 spiro atoms. The molecule has 0 fully saturated rings. The van der Waals surface area contributed by atoms with Crippen molar-refractivity contribution in [2.75, 3.05) is 52.6 Å². The number of aliphatic hydroxyl groups is 3. The Morgan fingerprint density at radius 2 is 1.70 bits per heavy atom. The van der Waals surface area contributed by atoms with E-state index in [0.29, 0.717) is 53.2 Å². The van der Waals surface area contributed by atoms with Crippen LogP contribution in [0.4, 0.5) is 5.69 Å². The fraction of sp³-hybridized carbons (Fsp3) is 0.438. The van der Waals surface area contributed by atoms with Gasteiger partial charge in [0.2, 0.25) is 5.75 Å². The second kappa shape index (κ2) is 12.0. The predicted octanol–water partition coefficient (Wildman–Crippen LogP) is 3.51. The van der Waals surface area contributed by atoms with Crippen molar-refractivity contribution in [3.05, 3.63) is 52.1 Å². The molecule has 11 nitrogen and oxygen atoms in total. The van der Waals surface area contributed by atoms with E-state index >= 15 is 0 Å². The van der Waals surface area contributed by atoms with Crippen LogP contribution >= 0.6 is 0 Å². The van der Waals surface area contributed by atoms with Gasteiger partial charge in [-0.05, 0) is 42.6 Å². The molecule has 3 atom stereocenters. The van der Waals surface area contributed by atoms with E-state index < -0.39 is 18.2 Å². The van der Waals surface area contributed by atoms with Crippen LogP contribution < -0.4 is 34.3 Å². The second-order valence-electron chi connectivity index (χ2n) is 10.8. The number of nitrogens with one attached hydrogen (secondary N) is 2. The molecule has 2 aliphatic heterocycles. The molecule has 11 heteroatoms. The van der Waals surface area contributed by atoms with E-state index in [1.54, 1.807) is 19.2 Å². The summed E-state index contributed by atoms with van der Waals surface area (Å²) >= 11 is 0. The van der Waals surface area contributed by atoms with E-state index in [-0.39, 0.29) is 43.8 Å². The van der Waals surface area contributed by atoms with Crippen molar-refractivity contribution in [2.24, 2.45) is 0 Å². The molecule has 0 saturated carbocycles. The van der Waals surface area contributed by atoms with Crippen molar-refractivity contribution < 1.29 is 44.1 Å². The number of phenols is 1. The topological polar surface area (TPSA) is 151 Å². The minimum absolute atomic E-state index is 0.0392. The molecular formula is C32H38N2O9. The number of rotatable bonds is 11. The first-order chi connectivity index (χ1) is 20.9. The van der Waals surface area contributed by atoms with Gasteiger partial charge in [0.1, 0.15) is 24.0 Å². The molecule has 6 N–H and O–H groups in total. The highest BCUT2D eigenvalue weighted by atomic mass is 16.5. The van der Waals surface area contributed by atoms with E-state index in [1.165, 1.54) is 7.11 Å². The SMILES string of the molecule is CCNCOc1cc(OC)c2c3c1[C@@H](O)Nc1cc4c(c(c1-3)CC2)[C@@H](O)[C@H](c1cc(OC)c(O)c(OCCCO)c1)CO4. The lowest BCUT2D eigenvalue weighted by atomic mass is 9.74. The number of hydrogen-bond donors (Lipinski definition) is 6. The first kappa shape index (κ1) is 29.2. The molecule has 0 amide bonds. The summed E-state index contributed by atoms with van der Waals surface area (Å²) in [7, 11) is 3.08. The molecule has 0 saturated heterocycles. The van der Waals surface area contributed by atoms with Crippen LogP contribution in [0.25, 0.3) is 11.1 Å². The van der Waals surface area contributed by atoms with Gasteiger partial charge in [-0.15, -0.1) is 0 Å². The zero-order valence-corrected chi connectivity index (χ0v) is 24.5. The first-order valence-corrected chi connectivity index (χ1v) is 14.6. The van der Waals surface area contributed by atoms with Crippen LogP contribution in [0, 0.1) is 0 Å². The van der Waals surface area contributed by atoms with Crippen molar-refractivity contribution >= 4 is 5.69 Å². The third-order valence-electron chi connectivity index (χ3n) is 8.44. The number of hydrogen-bond acceptors (Lipinski definition) is 11. The van der Waals surface area contributed by atoms with Crippen molar-refractivity contribution in [3.8, 4) is 45.6 Å². The Bertz CT molecular complexity index is 1530. The number of ether oxygens (including phenoxy) is 5. The van der Waals surface area contributed by atoms with Crippen LogP contribution in [0.1, 0.15) is 59.4 Å². The number of methoxy groups -OCH3 is 2. The Balaban J connectivity index is 1.45. The lowest BCUT2D eigenvalue weighted by molar-refractivity contribution is 0.0877. The molecule has 3 aliphatic rings. The van der Waals surface area contributed by atoms with Crippen LogP contribution in [-0.4, -0.2) is 67.7 Å². The number of phenolic OH excluding ortho intramolecular Hbond substituents is 1. The number of anilines is 1. The van der Waals surface area contributed by atoms with Crippen LogP contribution in [0.2, 0.25) is 0 Å². The normalized spacial score (nSPS) is 19.4. The van der Waals surface area contributed by atoms with Crippen molar-refractivity contribution in [3.63, 3.8) is 0 Å². The third kappa shape index (κ3) is 4.96. The van der Waals surface area contributed by atoms with Crippen LogP contribution in [0.5, 0.6) is 34.5 Å². The van der Waals surface area contributed by atoms with E-state index in [2.05, 4.69) is 10.6 Å². The number of aromatic hydroxyl groups is 1. The lowest BCUT2D eigenvalue weighted by Crippen LogP contribution is -2.29. The first-order valence-electron chi connectivity index (χ1n) is 14.6. The molecule has 2 heterocycles. The summed E-state index contributed by atoms with van der Waals surface area (Å²) in [6.07, 6.45) is -0.270. The van der Waals surface area contributed by atoms with Gasteiger partial charge in [-0.1, -0.05) is 6.92 Å². The van der Waals surface area contributed by atoms with Gasteiger partial charge in [0.05, 0.1) is 39.1 Å². The van der Waals surface area contributed by atoms with Gasteiger partial charge in [-0.25, -0.2) is 0 Å². The van der Waals surface area contributed by atoms with Gasteiger partial charge in [-0.3, -0.25) is 5.32 Å². The summed E-state index contributed by atoms with van der Waals surface area (Å²) in [5.74, 6) is 1.57. The molecule has 43 heavy (non-hydrogen) atoms. The van der Waals surface area contributed by atoms with Crippen LogP contribution in [0.3, 0.4) is 0 Å². The molecule has 3 aromatic carbocycles. The fourth-order valence-electron chi connectivity index (χ4n) is 6.41. The molecule has 6 rings (SSSR count). The molecule has 0 aromatic heterocycles. The van der Waals surface area contributed by atoms with Crippen molar-refractivity contribution in [2.45, 2.75) is 44.4 Å². The summed E-state index contributed by atoms with van der Waals surface area (Å²) in [6, 6.07) is 7.04. The van der Waals surface area contributed by atoms with Gasteiger partial charge in [0.25, 0.3) is 0 Å². The zero-order valence-electron chi connectivity index (χ0n) is 24.5. The van der Waals surface area contributed by atoms with E-state index in [4.69, 9.17) is 28.8 Å². The molecule has 230 valence electrons. The van der Waals surface area contributed by atoms with Crippen molar-refractivity contribution in [1.82, 2.24) is 5.32 Å². The Morgan fingerprint density at radius 1 is 0.930 bits per heavy atom. The number of fused-ring (bicyclic) bond motifs is 2. The van der Waals surface area contributed by atoms with Gasteiger partial charge < -0.3 is 49.4 Å². The summed E-state index contributed by atoms with van der Waals surface area (Å²) in [4.78, 5) is 0. The number of benzene rings is 3. The lowest BCUT2D eigenvalue weighted by Gasteiger charge is -2.39. The van der Waals surface area contributed by atoms with E-state index in [9.17, 15) is 15.3 Å². The predicted molar refractivity (Wildman–Crippen MR) is 159 cm³/mol. The molecule has 1 aliphatic carbocycles. The van der Waals surface area contributed by atoms with Crippen LogP contribution in [0.15, 0.2) is 24.3 Å². The standard InChI is InChI=1S/C32H38N2O9/c1-4-33-15-43-23-13-21(39-2)17-6-7-18-26-20(34-32(38)29(23)28(17)26)12-22-27(18)30(36)19(14-42-22)16-10-24(40-3)31(37)25(11-16)41-9-5-8-35/h10-13,19,30,32-38H,4-9,14-15H2,1-3H3/t19-,30-,32+/m0/s1. The molecule has 0 unspecified atom stereocenters. The van der Waals surface area contributed by atoms with Gasteiger partial charge in [0.15, 0.2) is 17.7 Å². The average molecular weight is 595 g/mol. The molecule has 0 radical (unpaired) electrons. The fourth-order valence-corrected chi connectivity index (χ4v) is 6.41. The Morgan fingerprint density at radius 3 is 2.44 bits per heavy atom. The maximum absolute atomic E-state index is 12.0. The number of aliphatic hydroxyl groups excluding tert-OH is 3. The molecule has 0 bridgehead atoms. The minimum Gasteiger partial charge on any atom is -0.502 e. The second-order valence-corrected chi connectivity index (χ2v) is 10.8. The highest BCUT2D eigenvalue weighted by Crippen LogP contribution is 2.57. The highest BCUT2D eigenvalue weighted by Gasteiger charge is 2.41. The third-order valence-corrected chi connectivity index (χ3v) is 8.44. The van der Waals surface area contributed by atoms with Gasteiger partial charge in [0, 0.05) is 59.0 Å². The largest absolute Gasteiger partial charge is 0.502 e. The molecular weight excluding hydrogens is 556 g/mol. The Hall–Kier alpha value is -3.90. The summed E-state index contributed by atoms with van der Waals surface area (Å²) in [5.41, 5.74) is 6.41. The zero-order chi connectivity index (χ0) is 30.2. The Labute approximate surface area is 249 Å². The van der Waals surface area contributed by atoms with Gasteiger partial charge >= 0.3 is 0 Å². The highest BCUT2D eigenvalue weighted by molar-refractivity contribution is 5.93.